The molecule has 2 aromatic heterocycles. The molecule has 162 valence electrons. The number of nitrogens with zero attached hydrogens (tertiary/aromatic N) is 5. The number of aryl methyl sites for hydroxylation is 2. The van der Waals surface area contributed by atoms with Crippen molar-refractivity contribution in [2.45, 2.75) is 46.4 Å². The molecule has 2 aliphatic rings. The first-order chi connectivity index (χ1) is 14.9. The van der Waals surface area contributed by atoms with Gasteiger partial charge in [0.15, 0.2) is 5.65 Å². The molecule has 1 aromatic carbocycles. The molecule has 4 heterocycles. The zero-order chi connectivity index (χ0) is 21.7. The number of benzene rings is 1. The van der Waals surface area contributed by atoms with Crippen molar-refractivity contribution in [2.24, 2.45) is 0 Å². The molecule has 0 unspecified atom stereocenters. The van der Waals surface area contributed by atoms with E-state index in [0.29, 0.717) is 24.2 Å². The summed E-state index contributed by atoms with van der Waals surface area (Å²) < 4.78 is 1.81. The molecule has 8 heteroatoms. The van der Waals surface area contributed by atoms with Crippen LogP contribution in [0.3, 0.4) is 0 Å². The summed E-state index contributed by atoms with van der Waals surface area (Å²) in [7, 11) is 0. The summed E-state index contributed by atoms with van der Waals surface area (Å²) in [5.74, 6) is 0.0527. The fourth-order valence-electron chi connectivity index (χ4n) is 4.63. The van der Waals surface area contributed by atoms with Gasteiger partial charge in [0.05, 0.1) is 35.2 Å². The number of piperazine rings is 1. The van der Waals surface area contributed by atoms with Gasteiger partial charge in [-0.2, -0.15) is 5.10 Å². The van der Waals surface area contributed by atoms with Crippen molar-refractivity contribution in [1.82, 2.24) is 29.7 Å². The molecule has 1 N–H and O–H groups in total. The molecule has 0 saturated carbocycles. The summed E-state index contributed by atoms with van der Waals surface area (Å²) in [6.45, 7) is 10.8. The Morgan fingerprint density at radius 1 is 1.26 bits per heavy atom. The van der Waals surface area contributed by atoms with E-state index in [1.165, 1.54) is 0 Å². The van der Waals surface area contributed by atoms with Crippen molar-refractivity contribution in [3.63, 3.8) is 0 Å². The number of nitrogens with one attached hydrogen (secondary N) is 1. The predicted molar refractivity (Wildman–Crippen MR) is 120 cm³/mol. The monoisotopic (exact) mass is 438 g/mol. The lowest BCUT2D eigenvalue weighted by Gasteiger charge is -2.34. The summed E-state index contributed by atoms with van der Waals surface area (Å²) in [5, 5.41) is 8.77. The minimum atomic E-state index is 0.0527. The number of hydrogen-bond acceptors (Lipinski definition) is 5. The molecule has 1 fully saturated rings. The third kappa shape index (κ3) is 3.50. The van der Waals surface area contributed by atoms with Crippen LogP contribution in [0.4, 0.5) is 0 Å². The second-order valence-electron chi connectivity index (χ2n) is 8.60. The minimum Gasteiger partial charge on any atom is -0.328 e. The van der Waals surface area contributed by atoms with Crippen molar-refractivity contribution in [3.05, 3.63) is 63.1 Å². The SMILES string of the molecule is Cc1nc2c3c(nn2c(C)c1Cl)CN(C(=O)c1ccccc1CN1CCNC[C@H]1C)C3. The Balaban J connectivity index is 1.41. The highest BCUT2D eigenvalue weighted by Gasteiger charge is 2.31. The zero-order valence-electron chi connectivity index (χ0n) is 18.2. The summed E-state index contributed by atoms with van der Waals surface area (Å²) in [6.07, 6.45) is 0. The smallest absolute Gasteiger partial charge is 0.254 e. The molecular weight excluding hydrogens is 412 g/mol. The lowest BCUT2D eigenvalue weighted by atomic mass is 10.0. The highest BCUT2D eigenvalue weighted by molar-refractivity contribution is 6.31. The first kappa shape index (κ1) is 20.4. The Kier molecular flexibility index (Phi) is 5.20. The molecule has 0 spiro atoms. The van der Waals surface area contributed by atoms with Crippen LogP contribution in [0.5, 0.6) is 0 Å². The molecule has 2 aliphatic heterocycles. The van der Waals surface area contributed by atoms with E-state index < -0.39 is 0 Å². The Morgan fingerprint density at radius 3 is 2.87 bits per heavy atom. The average Bonchev–Trinajstić information content (AvgIpc) is 3.33. The lowest BCUT2D eigenvalue weighted by molar-refractivity contribution is 0.0746. The van der Waals surface area contributed by atoms with Crippen LogP contribution in [0.15, 0.2) is 24.3 Å². The largest absolute Gasteiger partial charge is 0.328 e. The highest BCUT2D eigenvalue weighted by Crippen LogP contribution is 2.30. The molecule has 5 rings (SSSR count). The van der Waals surface area contributed by atoms with E-state index in [1.807, 2.05) is 41.5 Å². The second-order valence-corrected chi connectivity index (χ2v) is 8.98. The van der Waals surface area contributed by atoms with Crippen LogP contribution in [0.1, 0.15) is 45.5 Å². The third-order valence-electron chi connectivity index (χ3n) is 6.50. The van der Waals surface area contributed by atoms with Gasteiger partial charge in [0.1, 0.15) is 0 Å². The number of halogens is 1. The van der Waals surface area contributed by atoms with Gasteiger partial charge < -0.3 is 10.2 Å². The Morgan fingerprint density at radius 2 is 2.06 bits per heavy atom. The van der Waals surface area contributed by atoms with Crippen molar-refractivity contribution < 1.29 is 4.79 Å². The van der Waals surface area contributed by atoms with Crippen LogP contribution in [-0.4, -0.2) is 56.0 Å². The van der Waals surface area contributed by atoms with Crippen LogP contribution >= 0.6 is 11.6 Å². The van der Waals surface area contributed by atoms with Crippen molar-refractivity contribution >= 4 is 23.2 Å². The van der Waals surface area contributed by atoms with E-state index in [9.17, 15) is 4.79 Å². The van der Waals surface area contributed by atoms with Crippen LogP contribution in [-0.2, 0) is 19.6 Å². The van der Waals surface area contributed by atoms with Gasteiger partial charge in [0, 0.05) is 43.3 Å². The number of carbonyl (C=O) groups is 1. The van der Waals surface area contributed by atoms with E-state index >= 15 is 0 Å². The Bertz CT molecular complexity index is 1170. The van der Waals surface area contributed by atoms with Gasteiger partial charge >= 0.3 is 0 Å². The van der Waals surface area contributed by atoms with Crippen molar-refractivity contribution in [2.75, 3.05) is 19.6 Å². The van der Waals surface area contributed by atoms with Crippen LogP contribution in [0.25, 0.3) is 5.65 Å². The minimum absolute atomic E-state index is 0.0527. The summed E-state index contributed by atoms with van der Waals surface area (Å²) >= 11 is 6.35. The molecule has 1 atom stereocenters. The molecule has 1 amide bonds. The second kappa shape index (κ2) is 7.89. The number of hydrogen-bond donors (Lipinski definition) is 1. The van der Waals surface area contributed by atoms with Gasteiger partial charge in [0.25, 0.3) is 5.91 Å². The molecule has 31 heavy (non-hydrogen) atoms. The standard InChI is InChI=1S/C23H27ClN6O/c1-14-10-25-8-9-28(14)11-17-6-4-5-7-18(17)23(31)29-12-19-20(13-29)27-30-16(3)21(24)15(2)26-22(19)30/h4-7,14,25H,8-13H2,1-3H3/t14-/m1/s1. The van der Waals surface area contributed by atoms with Crippen molar-refractivity contribution in [1.29, 1.82) is 0 Å². The predicted octanol–water partition coefficient (Wildman–Crippen LogP) is 2.95. The molecule has 0 radical (unpaired) electrons. The molecular formula is C23H27ClN6O. The van der Waals surface area contributed by atoms with Crippen LogP contribution < -0.4 is 5.32 Å². The lowest BCUT2D eigenvalue weighted by Crippen LogP contribution is -2.49. The molecule has 0 aliphatic carbocycles. The van der Waals surface area contributed by atoms with E-state index in [1.54, 1.807) is 0 Å². The maximum atomic E-state index is 13.5. The number of fused-ring (bicyclic) bond motifs is 3. The van der Waals surface area contributed by atoms with Gasteiger partial charge in [0.2, 0.25) is 0 Å². The van der Waals surface area contributed by atoms with E-state index in [2.05, 4.69) is 28.2 Å². The number of aromatic nitrogens is 3. The Labute approximate surface area is 187 Å². The molecule has 7 nitrogen and oxygen atoms in total. The van der Waals surface area contributed by atoms with Gasteiger partial charge in [-0.05, 0) is 32.4 Å². The normalized spacial score (nSPS) is 19.2. The first-order valence-corrected chi connectivity index (χ1v) is 11.2. The maximum absolute atomic E-state index is 13.5. The van der Waals surface area contributed by atoms with Crippen LogP contribution in [0, 0.1) is 13.8 Å². The Hall–Kier alpha value is -2.48. The van der Waals surface area contributed by atoms with Crippen molar-refractivity contribution in [3.8, 4) is 0 Å². The molecule has 0 bridgehead atoms. The maximum Gasteiger partial charge on any atom is 0.254 e. The highest BCUT2D eigenvalue weighted by atomic mass is 35.5. The third-order valence-corrected chi connectivity index (χ3v) is 7.05. The fraction of sp³-hybridized carbons (Fsp3) is 0.435. The molecule has 3 aromatic rings. The molecule has 1 saturated heterocycles. The summed E-state index contributed by atoms with van der Waals surface area (Å²) in [5.41, 5.74) is 6.24. The summed E-state index contributed by atoms with van der Waals surface area (Å²) in [6, 6.07) is 8.43. The quantitative estimate of drug-likeness (QED) is 0.681. The zero-order valence-corrected chi connectivity index (χ0v) is 18.9. The van der Waals surface area contributed by atoms with Gasteiger partial charge in [-0.1, -0.05) is 29.8 Å². The van der Waals surface area contributed by atoms with Gasteiger partial charge in [-0.15, -0.1) is 0 Å². The van der Waals surface area contributed by atoms with E-state index in [-0.39, 0.29) is 5.91 Å². The van der Waals surface area contributed by atoms with Gasteiger partial charge in [-0.25, -0.2) is 9.50 Å². The topological polar surface area (TPSA) is 65.8 Å². The average molecular weight is 439 g/mol. The van der Waals surface area contributed by atoms with E-state index in [0.717, 1.165) is 65.6 Å². The number of rotatable bonds is 3. The summed E-state index contributed by atoms with van der Waals surface area (Å²) in [4.78, 5) is 22.5. The van der Waals surface area contributed by atoms with Crippen LogP contribution in [0.2, 0.25) is 5.02 Å². The van der Waals surface area contributed by atoms with Gasteiger partial charge in [-0.3, -0.25) is 9.69 Å². The first-order valence-electron chi connectivity index (χ1n) is 10.8. The fourth-order valence-corrected chi connectivity index (χ4v) is 4.75. The number of carbonyl (C=O) groups excluding carboxylic acids is 1. The van der Waals surface area contributed by atoms with E-state index in [4.69, 9.17) is 16.7 Å². The number of amides is 1.